The van der Waals surface area contributed by atoms with Gasteiger partial charge in [0.2, 0.25) is 0 Å². The molecule has 0 amide bonds. The number of nitrogen functional groups attached to an aromatic ring is 1. The molecular weight excluding hydrogens is 166 g/mol. The first kappa shape index (κ1) is 7.91. The fourth-order valence-electron chi connectivity index (χ4n) is 1.12. The van der Waals surface area contributed by atoms with Gasteiger partial charge in [0.1, 0.15) is 5.52 Å². The van der Waals surface area contributed by atoms with E-state index in [9.17, 15) is 0 Å². The Morgan fingerprint density at radius 1 is 1.38 bits per heavy atom. The molecule has 2 N–H and O–H groups in total. The molecular formula is C9H11N3O. The number of nitrogens with zero attached hydrogens (tertiary/aromatic N) is 2. The zero-order valence-electron chi connectivity index (χ0n) is 7.61. The van der Waals surface area contributed by atoms with Crippen LogP contribution in [0.3, 0.4) is 0 Å². The Morgan fingerprint density at radius 2 is 2.15 bits per heavy atom. The Balaban J connectivity index is 2.62. The fourth-order valence-corrected chi connectivity index (χ4v) is 1.12. The molecule has 68 valence electrons. The van der Waals surface area contributed by atoms with Gasteiger partial charge in [-0.1, -0.05) is 0 Å². The molecule has 4 nitrogen and oxygen atoms in total. The van der Waals surface area contributed by atoms with Crippen molar-refractivity contribution in [3.05, 3.63) is 18.2 Å². The van der Waals surface area contributed by atoms with Crippen LogP contribution in [0.5, 0.6) is 0 Å². The zero-order chi connectivity index (χ0) is 9.42. The van der Waals surface area contributed by atoms with Crippen LogP contribution in [0.2, 0.25) is 0 Å². The van der Waals surface area contributed by atoms with E-state index in [2.05, 4.69) is 4.98 Å². The predicted octanol–water partition coefficient (Wildman–Crippen LogP) is 1.48. The van der Waals surface area contributed by atoms with E-state index in [4.69, 9.17) is 10.2 Å². The van der Waals surface area contributed by atoms with Crippen molar-refractivity contribution in [1.29, 1.82) is 0 Å². The lowest BCUT2D eigenvalue weighted by Crippen LogP contribution is -2.08. The van der Waals surface area contributed by atoms with Crippen LogP contribution >= 0.6 is 0 Å². The van der Waals surface area contributed by atoms with Crippen molar-refractivity contribution in [2.24, 2.45) is 0 Å². The third kappa shape index (κ3) is 1.30. The first-order chi connectivity index (χ1) is 6.16. The van der Waals surface area contributed by atoms with Crippen LogP contribution in [-0.4, -0.2) is 19.1 Å². The van der Waals surface area contributed by atoms with Gasteiger partial charge in [0, 0.05) is 19.8 Å². The second-order valence-electron chi connectivity index (χ2n) is 3.12. The highest BCUT2D eigenvalue weighted by Gasteiger charge is 2.06. The minimum atomic E-state index is 0.598. The number of fused-ring (bicyclic) bond motifs is 1. The van der Waals surface area contributed by atoms with Gasteiger partial charge >= 0.3 is 0 Å². The standard InChI is InChI=1S/C9H11N3O/c1-12(2)9-11-7-5-6(10)3-4-8(7)13-9/h3-5H,10H2,1-2H3. The summed E-state index contributed by atoms with van der Waals surface area (Å²) in [5.74, 6) is 0. The smallest absolute Gasteiger partial charge is 0.297 e. The van der Waals surface area contributed by atoms with Crippen LogP contribution in [0.15, 0.2) is 22.6 Å². The molecule has 2 rings (SSSR count). The molecule has 1 aromatic heterocycles. The van der Waals surface area contributed by atoms with Gasteiger partial charge in [0.15, 0.2) is 5.58 Å². The van der Waals surface area contributed by atoms with Crippen molar-refractivity contribution in [3.63, 3.8) is 0 Å². The number of aromatic nitrogens is 1. The summed E-state index contributed by atoms with van der Waals surface area (Å²) in [6, 6.07) is 6.02. The van der Waals surface area contributed by atoms with Gasteiger partial charge in [-0.2, -0.15) is 4.98 Å². The number of oxazole rings is 1. The van der Waals surface area contributed by atoms with Crippen molar-refractivity contribution in [3.8, 4) is 0 Å². The van der Waals surface area contributed by atoms with E-state index in [0.29, 0.717) is 11.7 Å². The number of rotatable bonds is 1. The van der Waals surface area contributed by atoms with E-state index < -0.39 is 0 Å². The highest BCUT2D eigenvalue weighted by Crippen LogP contribution is 2.21. The number of hydrogen-bond donors (Lipinski definition) is 1. The van der Waals surface area contributed by atoms with Gasteiger partial charge in [0.25, 0.3) is 6.01 Å². The molecule has 0 aliphatic heterocycles. The average Bonchev–Trinajstić information content (AvgIpc) is 2.46. The Labute approximate surface area is 76.0 Å². The van der Waals surface area contributed by atoms with Gasteiger partial charge in [-0.15, -0.1) is 0 Å². The first-order valence-electron chi connectivity index (χ1n) is 4.00. The number of benzene rings is 1. The molecule has 4 heteroatoms. The van der Waals surface area contributed by atoms with Crippen molar-refractivity contribution in [2.45, 2.75) is 0 Å². The van der Waals surface area contributed by atoms with Crippen LogP contribution in [0.25, 0.3) is 11.1 Å². The Morgan fingerprint density at radius 3 is 2.85 bits per heavy atom. The normalized spacial score (nSPS) is 10.6. The lowest BCUT2D eigenvalue weighted by atomic mass is 10.3. The molecule has 0 saturated carbocycles. The third-order valence-electron chi connectivity index (χ3n) is 1.78. The maximum Gasteiger partial charge on any atom is 0.297 e. The average molecular weight is 177 g/mol. The van der Waals surface area contributed by atoms with Gasteiger partial charge in [-0.3, -0.25) is 0 Å². The van der Waals surface area contributed by atoms with Crippen LogP contribution in [0, 0.1) is 0 Å². The van der Waals surface area contributed by atoms with Crippen molar-refractivity contribution >= 4 is 22.8 Å². The highest BCUT2D eigenvalue weighted by molar-refractivity contribution is 5.78. The maximum atomic E-state index is 5.61. The zero-order valence-corrected chi connectivity index (χ0v) is 7.61. The predicted molar refractivity (Wildman–Crippen MR) is 52.7 cm³/mol. The van der Waals surface area contributed by atoms with Crippen LogP contribution < -0.4 is 10.6 Å². The lowest BCUT2D eigenvalue weighted by molar-refractivity contribution is 0.597. The van der Waals surface area contributed by atoms with Gasteiger partial charge in [-0.25, -0.2) is 0 Å². The number of nitrogens with two attached hydrogens (primary N) is 1. The van der Waals surface area contributed by atoms with Crippen LogP contribution in [-0.2, 0) is 0 Å². The molecule has 0 saturated heterocycles. The van der Waals surface area contributed by atoms with Crippen molar-refractivity contribution in [2.75, 3.05) is 24.7 Å². The molecule has 0 bridgehead atoms. The maximum absolute atomic E-state index is 5.61. The topological polar surface area (TPSA) is 55.3 Å². The Bertz CT molecular complexity index is 433. The third-order valence-corrected chi connectivity index (χ3v) is 1.78. The molecule has 0 aliphatic rings. The highest BCUT2D eigenvalue weighted by atomic mass is 16.4. The summed E-state index contributed by atoms with van der Waals surface area (Å²) in [6.45, 7) is 0. The van der Waals surface area contributed by atoms with E-state index in [-0.39, 0.29) is 0 Å². The SMILES string of the molecule is CN(C)c1nc2cc(N)ccc2o1. The second kappa shape index (κ2) is 2.65. The van der Waals surface area contributed by atoms with Crippen LogP contribution in [0.1, 0.15) is 0 Å². The molecule has 2 aromatic rings. The minimum absolute atomic E-state index is 0.598. The van der Waals surface area contributed by atoms with E-state index in [1.807, 2.05) is 25.1 Å². The monoisotopic (exact) mass is 177 g/mol. The van der Waals surface area contributed by atoms with Gasteiger partial charge < -0.3 is 15.1 Å². The van der Waals surface area contributed by atoms with E-state index in [1.54, 1.807) is 12.1 Å². The van der Waals surface area contributed by atoms with E-state index in [0.717, 1.165) is 11.1 Å². The summed E-state index contributed by atoms with van der Waals surface area (Å²) in [5.41, 5.74) is 7.87. The Kier molecular flexibility index (Phi) is 1.62. The summed E-state index contributed by atoms with van der Waals surface area (Å²) < 4.78 is 5.44. The van der Waals surface area contributed by atoms with Crippen molar-refractivity contribution in [1.82, 2.24) is 4.98 Å². The number of hydrogen-bond acceptors (Lipinski definition) is 4. The first-order valence-corrected chi connectivity index (χ1v) is 4.00. The largest absolute Gasteiger partial charge is 0.423 e. The number of anilines is 2. The summed E-state index contributed by atoms with van der Waals surface area (Å²) in [7, 11) is 3.77. The molecule has 0 spiro atoms. The summed E-state index contributed by atoms with van der Waals surface area (Å²) in [6.07, 6.45) is 0. The van der Waals surface area contributed by atoms with Gasteiger partial charge in [-0.05, 0) is 18.2 Å². The van der Waals surface area contributed by atoms with Crippen molar-refractivity contribution < 1.29 is 4.42 Å². The second-order valence-corrected chi connectivity index (χ2v) is 3.12. The molecule has 0 fully saturated rings. The van der Waals surface area contributed by atoms with Gasteiger partial charge in [0.05, 0.1) is 0 Å². The lowest BCUT2D eigenvalue weighted by Gasteiger charge is -2.03. The Hall–Kier alpha value is -1.71. The molecule has 0 unspecified atom stereocenters. The molecule has 1 aromatic carbocycles. The summed E-state index contributed by atoms with van der Waals surface area (Å²) >= 11 is 0. The fraction of sp³-hybridized carbons (Fsp3) is 0.222. The quantitative estimate of drug-likeness (QED) is 0.670. The molecule has 0 radical (unpaired) electrons. The molecule has 1 heterocycles. The summed E-state index contributed by atoms with van der Waals surface area (Å²) in [5, 5.41) is 0. The minimum Gasteiger partial charge on any atom is -0.423 e. The molecule has 13 heavy (non-hydrogen) atoms. The van der Waals surface area contributed by atoms with Crippen LogP contribution in [0.4, 0.5) is 11.7 Å². The molecule has 0 aliphatic carbocycles. The van der Waals surface area contributed by atoms with E-state index >= 15 is 0 Å². The molecule has 0 atom stereocenters. The summed E-state index contributed by atoms with van der Waals surface area (Å²) in [4.78, 5) is 6.07. The van der Waals surface area contributed by atoms with E-state index in [1.165, 1.54) is 0 Å².